The van der Waals surface area contributed by atoms with E-state index in [0.29, 0.717) is 29.7 Å². The Bertz CT molecular complexity index is 671. The number of amides is 2. The van der Waals surface area contributed by atoms with E-state index in [4.69, 9.17) is 21.4 Å². The molecule has 1 aromatic heterocycles. The first-order valence-corrected chi connectivity index (χ1v) is 9.44. The lowest BCUT2D eigenvalue weighted by Crippen LogP contribution is -2.38. The molecule has 2 N–H and O–H groups in total. The van der Waals surface area contributed by atoms with Crippen molar-refractivity contribution in [2.24, 2.45) is 0 Å². The molecule has 27 heavy (non-hydrogen) atoms. The van der Waals surface area contributed by atoms with Crippen LogP contribution in [-0.2, 0) is 4.79 Å². The lowest BCUT2D eigenvalue weighted by Gasteiger charge is -2.25. The van der Waals surface area contributed by atoms with Crippen LogP contribution in [0.2, 0.25) is 5.02 Å². The molecule has 2 amide bonds. The number of pyridine rings is 1. The maximum Gasteiger partial charge on any atom is 0.321 e. The summed E-state index contributed by atoms with van der Waals surface area (Å²) < 4.78 is 5.63. The number of carbonyl (C=O) groups excluding carboxylic acids is 1. The predicted octanol–water partition coefficient (Wildman–Crippen LogP) is 2.93. The summed E-state index contributed by atoms with van der Waals surface area (Å²) in [6.07, 6.45) is 3.78. The third-order valence-electron chi connectivity index (χ3n) is 4.40. The number of rotatable bonds is 6. The van der Waals surface area contributed by atoms with Gasteiger partial charge in [0, 0.05) is 25.3 Å². The summed E-state index contributed by atoms with van der Waals surface area (Å²) in [6.45, 7) is 4.92. The van der Waals surface area contributed by atoms with Crippen LogP contribution < -0.4 is 10.1 Å². The smallest absolute Gasteiger partial charge is 0.321 e. The zero-order chi connectivity index (χ0) is 20.0. The van der Waals surface area contributed by atoms with Gasteiger partial charge in [-0.05, 0) is 46.2 Å². The molecule has 0 aromatic carbocycles. The number of likely N-dealkylation sites (tertiary alicyclic amines) is 1. The van der Waals surface area contributed by atoms with Crippen LogP contribution in [0, 0.1) is 0 Å². The molecule has 9 heteroatoms. The normalized spacial score (nSPS) is 17.7. The number of carboxylic acid groups (broad SMARTS) is 1. The molecule has 0 aliphatic carbocycles. The van der Waals surface area contributed by atoms with E-state index in [1.54, 1.807) is 11.0 Å². The van der Waals surface area contributed by atoms with Crippen LogP contribution in [0.15, 0.2) is 12.3 Å². The van der Waals surface area contributed by atoms with Gasteiger partial charge in [-0.1, -0.05) is 11.6 Å². The number of anilines is 1. The van der Waals surface area contributed by atoms with Crippen LogP contribution in [0.25, 0.3) is 0 Å². The number of carboxylic acids is 1. The van der Waals surface area contributed by atoms with Gasteiger partial charge >= 0.3 is 12.0 Å². The Labute approximate surface area is 164 Å². The molecule has 0 bridgehead atoms. The van der Waals surface area contributed by atoms with E-state index in [1.807, 2.05) is 25.8 Å². The van der Waals surface area contributed by atoms with Gasteiger partial charge in [-0.15, -0.1) is 0 Å². The first kappa shape index (κ1) is 21.2. The van der Waals surface area contributed by atoms with E-state index in [9.17, 15) is 9.59 Å². The summed E-state index contributed by atoms with van der Waals surface area (Å²) in [5.41, 5.74) is 0.435. The number of aliphatic carboxylic acids is 1. The van der Waals surface area contributed by atoms with E-state index in [-0.39, 0.29) is 24.7 Å². The van der Waals surface area contributed by atoms with Crippen molar-refractivity contribution in [1.82, 2.24) is 14.8 Å². The number of nitrogens with one attached hydrogen (secondary N) is 1. The van der Waals surface area contributed by atoms with Crippen molar-refractivity contribution in [3.05, 3.63) is 17.3 Å². The highest BCUT2D eigenvalue weighted by molar-refractivity contribution is 6.30. The zero-order valence-electron chi connectivity index (χ0n) is 15.9. The lowest BCUT2D eigenvalue weighted by molar-refractivity contribution is -0.138. The quantitative estimate of drug-likeness (QED) is 0.765. The monoisotopic (exact) mass is 398 g/mol. The van der Waals surface area contributed by atoms with Gasteiger partial charge in [0.15, 0.2) is 0 Å². The topological polar surface area (TPSA) is 95.0 Å². The first-order chi connectivity index (χ1) is 12.8. The number of ether oxygens (including phenoxy) is 1. The highest BCUT2D eigenvalue weighted by Crippen LogP contribution is 2.26. The molecule has 0 spiro atoms. The summed E-state index contributed by atoms with van der Waals surface area (Å²) in [5.74, 6) is -0.515. The van der Waals surface area contributed by atoms with Gasteiger partial charge in [-0.25, -0.2) is 9.78 Å². The highest BCUT2D eigenvalue weighted by Gasteiger charge is 2.24. The summed E-state index contributed by atoms with van der Waals surface area (Å²) in [4.78, 5) is 31.3. The van der Waals surface area contributed by atoms with Gasteiger partial charge in [0.1, 0.15) is 5.69 Å². The van der Waals surface area contributed by atoms with Crippen molar-refractivity contribution in [3.8, 4) is 5.88 Å². The molecule has 1 aromatic rings. The Balaban J connectivity index is 2.00. The van der Waals surface area contributed by atoms with Gasteiger partial charge < -0.3 is 20.1 Å². The van der Waals surface area contributed by atoms with Crippen molar-refractivity contribution < 1.29 is 19.4 Å². The Morgan fingerprint density at radius 1 is 1.44 bits per heavy atom. The molecule has 0 radical (unpaired) electrons. The number of hydrogen-bond acceptors (Lipinski definition) is 5. The van der Waals surface area contributed by atoms with Gasteiger partial charge in [0.2, 0.25) is 5.88 Å². The molecule has 1 aliphatic heterocycles. The van der Waals surface area contributed by atoms with E-state index >= 15 is 0 Å². The zero-order valence-corrected chi connectivity index (χ0v) is 16.7. The van der Waals surface area contributed by atoms with Crippen molar-refractivity contribution in [2.45, 2.75) is 45.3 Å². The fraction of sp³-hybridized carbons (Fsp3) is 0.611. The Morgan fingerprint density at radius 3 is 2.85 bits per heavy atom. The highest BCUT2D eigenvalue weighted by atomic mass is 35.5. The number of hydrogen-bond donors (Lipinski definition) is 2. The minimum Gasteiger partial charge on any atom is -0.480 e. The third-order valence-corrected chi connectivity index (χ3v) is 4.61. The number of nitrogens with zero attached hydrogens (tertiary/aromatic N) is 3. The second-order valence-corrected chi connectivity index (χ2v) is 7.42. The van der Waals surface area contributed by atoms with E-state index < -0.39 is 5.97 Å². The van der Waals surface area contributed by atoms with Crippen LogP contribution >= 0.6 is 11.6 Å². The van der Waals surface area contributed by atoms with Crippen LogP contribution in [0.1, 0.15) is 33.1 Å². The lowest BCUT2D eigenvalue weighted by atomic mass is 10.1. The van der Waals surface area contributed by atoms with E-state index in [1.165, 1.54) is 6.20 Å². The van der Waals surface area contributed by atoms with Crippen LogP contribution in [0.4, 0.5) is 10.5 Å². The number of urea groups is 1. The number of halogens is 1. The van der Waals surface area contributed by atoms with Crippen molar-refractivity contribution in [3.63, 3.8) is 0 Å². The molecule has 1 saturated heterocycles. The molecule has 8 nitrogen and oxygen atoms in total. The maximum absolute atomic E-state index is 12.7. The van der Waals surface area contributed by atoms with Gasteiger partial charge in [0.05, 0.1) is 17.7 Å². The van der Waals surface area contributed by atoms with Crippen LogP contribution in [-0.4, -0.2) is 70.7 Å². The molecule has 0 saturated carbocycles. The molecule has 1 unspecified atom stereocenters. The molecule has 1 aliphatic rings. The van der Waals surface area contributed by atoms with Crippen molar-refractivity contribution in [1.29, 1.82) is 0 Å². The molecule has 2 heterocycles. The van der Waals surface area contributed by atoms with E-state index in [2.05, 4.69) is 10.3 Å². The Kier molecular flexibility index (Phi) is 7.67. The average molecular weight is 399 g/mol. The standard InChI is InChI=1S/C18H27ClN4O4/c1-12(2)27-17-15(9-13(19)10-20-17)21-18(26)23-7-4-5-14(6-8-23)22(3)11-16(24)25/h9-10,12,14H,4-8,11H2,1-3H3,(H,21,26)(H,24,25). The van der Waals surface area contributed by atoms with Crippen LogP contribution in [0.3, 0.4) is 0 Å². The fourth-order valence-corrected chi connectivity index (χ4v) is 3.25. The van der Waals surface area contributed by atoms with Crippen molar-refractivity contribution >= 4 is 29.3 Å². The average Bonchev–Trinajstić information content (AvgIpc) is 2.82. The van der Waals surface area contributed by atoms with E-state index in [0.717, 1.165) is 19.3 Å². The Morgan fingerprint density at radius 2 is 2.19 bits per heavy atom. The van der Waals surface area contributed by atoms with Gasteiger partial charge in [0.25, 0.3) is 0 Å². The van der Waals surface area contributed by atoms with Crippen molar-refractivity contribution in [2.75, 3.05) is 32.0 Å². The molecular formula is C18H27ClN4O4. The van der Waals surface area contributed by atoms with Gasteiger partial charge in [-0.3, -0.25) is 9.69 Å². The summed E-state index contributed by atoms with van der Waals surface area (Å²) >= 11 is 6.01. The second kappa shape index (κ2) is 9.75. The fourth-order valence-electron chi connectivity index (χ4n) is 3.09. The number of likely N-dealkylation sites (N-methyl/N-ethyl adjacent to an activating group) is 1. The summed E-state index contributed by atoms with van der Waals surface area (Å²) in [7, 11) is 1.81. The number of aromatic nitrogens is 1. The molecule has 150 valence electrons. The minimum absolute atomic E-state index is 0.000940. The second-order valence-electron chi connectivity index (χ2n) is 6.98. The maximum atomic E-state index is 12.7. The summed E-state index contributed by atoms with van der Waals surface area (Å²) in [5, 5.41) is 12.2. The molecule has 2 rings (SSSR count). The first-order valence-electron chi connectivity index (χ1n) is 9.06. The molecular weight excluding hydrogens is 372 g/mol. The molecule has 1 fully saturated rings. The predicted molar refractivity (Wildman–Crippen MR) is 104 cm³/mol. The third kappa shape index (κ3) is 6.55. The summed E-state index contributed by atoms with van der Waals surface area (Å²) in [6, 6.07) is 1.52. The Hall–Kier alpha value is -2.06. The van der Waals surface area contributed by atoms with Gasteiger partial charge in [-0.2, -0.15) is 0 Å². The largest absolute Gasteiger partial charge is 0.480 e. The SMILES string of the molecule is CC(C)Oc1ncc(Cl)cc1NC(=O)N1CCCC(N(C)CC(=O)O)CC1. The minimum atomic E-state index is -0.845. The molecule has 1 atom stereocenters. The van der Waals surface area contributed by atoms with Crippen LogP contribution in [0.5, 0.6) is 5.88 Å². The number of carbonyl (C=O) groups is 2.